The van der Waals surface area contributed by atoms with Crippen molar-refractivity contribution in [3.63, 3.8) is 0 Å². The Labute approximate surface area is 101 Å². The van der Waals surface area contributed by atoms with E-state index < -0.39 is 36.8 Å². The van der Waals surface area contributed by atoms with Gasteiger partial charge in [-0.25, -0.2) is 4.79 Å². The smallest absolute Gasteiger partial charge is 0.369 e. The van der Waals surface area contributed by atoms with Crippen molar-refractivity contribution < 1.29 is 24.8 Å². The summed E-state index contributed by atoms with van der Waals surface area (Å²) in [5.74, 6) is 0.0305. The molecule has 0 aliphatic carbocycles. The predicted octanol–water partition coefficient (Wildman–Crippen LogP) is -2.74. The van der Waals surface area contributed by atoms with Crippen LogP contribution in [-0.4, -0.2) is 62.1 Å². The zero-order valence-electron chi connectivity index (χ0n) is 9.50. The Kier molecular flexibility index (Phi) is 3.57. The molecule has 2 heterocycles. The molecule has 1 aromatic rings. The highest BCUT2D eigenvalue weighted by atomic mass is 16.6. The van der Waals surface area contributed by atoms with E-state index in [-0.39, 0.29) is 5.88 Å². The monoisotopic (exact) mass is 259 g/mol. The van der Waals surface area contributed by atoms with Crippen LogP contribution in [0, 0.1) is 0 Å². The lowest BCUT2D eigenvalue weighted by atomic mass is 10.1. The van der Waals surface area contributed by atoms with Crippen LogP contribution in [0.3, 0.4) is 0 Å². The number of aromatic nitrogens is 3. The third-order valence-corrected chi connectivity index (χ3v) is 2.66. The number of hydrogen-bond donors (Lipinski definition) is 3. The number of methoxy groups -OCH3 is 1. The Balaban J connectivity index is 2.30. The van der Waals surface area contributed by atoms with Crippen LogP contribution in [0.1, 0.15) is 6.23 Å². The third-order valence-electron chi connectivity index (χ3n) is 2.66. The Morgan fingerprint density at radius 2 is 2.22 bits per heavy atom. The van der Waals surface area contributed by atoms with Crippen molar-refractivity contribution in [3.05, 3.63) is 16.7 Å². The summed E-state index contributed by atoms with van der Waals surface area (Å²) in [6.45, 7) is -0.479. The van der Waals surface area contributed by atoms with Gasteiger partial charge in [-0.1, -0.05) is 0 Å². The van der Waals surface area contributed by atoms with E-state index in [9.17, 15) is 15.0 Å². The van der Waals surface area contributed by atoms with Gasteiger partial charge in [-0.15, -0.1) is 0 Å². The van der Waals surface area contributed by atoms with E-state index in [1.165, 1.54) is 13.3 Å². The number of rotatable bonds is 3. The van der Waals surface area contributed by atoms with E-state index in [0.717, 1.165) is 4.68 Å². The molecule has 0 saturated carbocycles. The molecule has 0 radical (unpaired) electrons. The fourth-order valence-corrected chi connectivity index (χ4v) is 1.69. The summed E-state index contributed by atoms with van der Waals surface area (Å²) in [5, 5.41) is 31.9. The first kappa shape index (κ1) is 12.9. The van der Waals surface area contributed by atoms with Crippen molar-refractivity contribution in [1.82, 2.24) is 14.8 Å². The zero-order valence-corrected chi connectivity index (χ0v) is 9.50. The first-order chi connectivity index (χ1) is 8.58. The Bertz CT molecular complexity index is 478. The Hall–Kier alpha value is -1.55. The maximum atomic E-state index is 11.6. The summed E-state index contributed by atoms with van der Waals surface area (Å²) in [5.41, 5.74) is -0.788. The highest BCUT2D eigenvalue weighted by Crippen LogP contribution is 2.27. The van der Waals surface area contributed by atoms with Gasteiger partial charge in [0.2, 0.25) is 5.88 Å². The lowest BCUT2D eigenvalue weighted by Crippen LogP contribution is -2.37. The number of ether oxygens (including phenoxy) is 2. The van der Waals surface area contributed by atoms with E-state index >= 15 is 0 Å². The van der Waals surface area contributed by atoms with E-state index in [1.807, 2.05) is 0 Å². The molecule has 1 aliphatic heterocycles. The van der Waals surface area contributed by atoms with E-state index in [2.05, 4.69) is 10.1 Å². The number of hydrogen-bond acceptors (Lipinski definition) is 8. The van der Waals surface area contributed by atoms with Crippen LogP contribution in [0.15, 0.2) is 11.0 Å². The van der Waals surface area contributed by atoms with Gasteiger partial charge in [-0.3, -0.25) is 0 Å². The minimum absolute atomic E-state index is 0.0305. The van der Waals surface area contributed by atoms with Gasteiger partial charge in [0.1, 0.15) is 24.5 Å². The van der Waals surface area contributed by atoms with Gasteiger partial charge in [0.05, 0.1) is 13.7 Å². The second-order valence-electron chi connectivity index (χ2n) is 3.75. The molecule has 1 aliphatic rings. The molecule has 4 atom stereocenters. The summed E-state index contributed by atoms with van der Waals surface area (Å²) in [6, 6.07) is 0. The average molecular weight is 259 g/mol. The first-order valence-corrected chi connectivity index (χ1v) is 5.20. The molecule has 100 valence electrons. The Morgan fingerprint density at radius 1 is 1.50 bits per heavy atom. The number of aliphatic hydroxyl groups is 3. The maximum Gasteiger partial charge on any atom is 0.369 e. The van der Waals surface area contributed by atoms with Crippen LogP contribution < -0.4 is 10.4 Å². The molecule has 1 fully saturated rings. The van der Waals surface area contributed by atoms with Crippen LogP contribution in [0.5, 0.6) is 5.88 Å². The predicted molar refractivity (Wildman–Crippen MR) is 55.9 cm³/mol. The number of nitrogens with zero attached hydrogens (tertiary/aromatic N) is 3. The molecule has 2 rings (SSSR count). The van der Waals surface area contributed by atoms with Gasteiger partial charge >= 0.3 is 5.69 Å². The molecule has 0 bridgehead atoms. The van der Waals surface area contributed by atoms with Gasteiger partial charge in [0.15, 0.2) is 6.23 Å². The van der Waals surface area contributed by atoms with E-state index in [0.29, 0.717) is 0 Å². The molecule has 2 unspecified atom stereocenters. The highest BCUT2D eigenvalue weighted by molar-refractivity contribution is 4.99. The highest BCUT2D eigenvalue weighted by Gasteiger charge is 2.44. The van der Waals surface area contributed by atoms with Crippen LogP contribution in [0.2, 0.25) is 0 Å². The lowest BCUT2D eigenvalue weighted by Gasteiger charge is -2.15. The SMILES string of the molecule is COc1cnn([C@@H]2O[C@H](CO)C(O)C2O)c(=O)n1. The fraction of sp³-hybridized carbons (Fsp3) is 0.667. The molecule has 18 heavy (non-hydrogen) atoms. The van der Waals surface area contributed by atoms with Gasteiger partial charge in [0, 0.05) is 0 Å². The third kappa shape index (κ3) is 2.08. The normalized spacial score (nSPS) is 31.6. The van der Waals surface area contributed by atoms with E-state index in [4.69, 9.17) is 14.6 Å². The van der Waals surface area contributed by atoms with Gasteiger partial charge < -0.3 is 24.8 Å². The average Bonchev–Trinajstić information content (AvgIpc) is 2.66. The van der Waals surface area contributed by atoms with Gasteiger partial charge in [-0.2, -0.15) is 14.8 Å². The molecule has 9 heteroatoms. The summed E-state index contributed by atoms with van der Waals surface area (Å²) in [4.78, 5) is 15.1. The summed E-state index contributed by atoms with van der Waals surface area (Å²) < 4.78 is 10.7. The fourth-order valence-electron chi connectivity index (χ4n) is 1.69. The van der Waals surface area contributed by atoms with Crippen molar-refractivity contribution in [2.75, 3.05) is 13.7 Å². The van der Waals surface area contributed by atoms with Crippen molar-refractivity contribution in [2.24, 2.45) is 0 Å². The van der Waals surface area contributed by atoms with Crippen molar-refractivity contribution >= 4 is 0 Å². The second kappa shape index (κ2) is 4.98. The minimum Gasteiger partial charge on any atom is -0.480 e. The first-order valence-electron chi connectivity index (χ1n) is 5.20. The van der Waals surface area contributed by atoms with Crippen molar-refractivity contribution in [2.45, 2.75) is 24.5 Å². The summed E-state index contributed by atoms with van der Waals surface area (Å²) in [6.07, 6.45) is -3.65. The zero-order chi connectivity index (χ0) is 13.3. The molecule has 0 amide bonds. The summed E-state index contributed by atoms with van der Waals surface area (Å²) in [7, 11) is 1.33. The largest absolute Gasteiger partial charge is 0.480 e. The van der Waals surface area contributed by atoms with Crippen LogP contribution in [0.4, 0.5) is 0 Å². The maximum absolute atomic E-state index is 11.6. The lowest BCUT2D eigenvalue weighted by molar-refractivity contribution is -0.0619. The van der Waals surface area contributed by atoms with Crippen molar-refractivity contribution in [3.8, 4) is 5.88 Å². The molecule has 9 nitrogen and oxygen atoms in total. The molecular weight excluding hydrogens is 246 g/mol. The molecule has 0 spiro atoms. The number of aliphatic hydroxyl groups excluding tert-OH is 3. The molecule has 1 aromatic heterocycles. The van der Waals surface area contributed by atoms with E-state index in [1.54, 1.807) is 0 Å². The van der Waals surface area contributed by atoms with Crippen LogP contribution in [-0.2, 0) is 4.74 Å². The molecule has 1 saturated heterocycles. The van der Waals surface area contributed by atoms with Crippen LogP contribution in [0.25, 0.3) is 0 Å². The topological polar surface area (TPSA) is 127 Å². The quantitative estimate of drug-likeness (QED) is 0.533. The minimum atomic E-state index is -1.37. The second-order valence-corrected chi connectivity index (χ2v) is 3.75. The molecular formula is C9H13N3O6. The van der Waals surface area contributed by atoms with Crippen LogP contribution >= 0.6 is 0 Å². The van der Waals surface area contributed by atoms with Gasteiger partial charge in [0.25, 0.3) is 0 Å². The summed E-state index contributed by atoms with van der Waals surface area (Å²) >= 11 is 0. The Morgan fingerprint density at radius 3 is 2.72 bits per heavy atom. The standard InChI is InChI=1S/C9H13N3O6/c1-17-5-2-10-12(9(16)11-5)8-7(15)6(14)4(3-13)18-8/h2,4,6-8,13-15H,3H2,1H3/t4-,6?,7?,8-/m1/s1. The van der Waals surface area contributed by atoms with Crippen molar-refractivity contribution in [1.29, 1.82) is 0 Å². The molecule has 0 aromatic carbocycles. The van der Waals surface area contributed by atoms with Gasteiger partial charge in [-0.05, 0) is 0 Å². The molecule has 3 N–H and O–H groups in total.